The van der Waals surface area contributed by atoms with Crippen LogP contribution in [-0.2, 0) is 0 Å². The molecule has 11 rings (SSSR count). The highest BCUT2D eigenvalue weighted by molar-refractivity contribution is 7.21. The standard InChI is InChI=1S/C50H35N3OS/c1-32-12-8-10-18-44(32)52(36-15-6-3-7-16-36)37-23-20-33(21-24-37)35-22-26-45-40(28-35)41-30-49-43(51-50(55-49)34-13-4-2-5-14-34)31-46(41)53(45)38-25-27-48-42(29-38)39-17-9-11-19-47(39)54-48/h2-11,13-32H,12H2,1H3. The summed E-state index contributed by atoms with van der Waals surface area (Å²) in [7, 11) is 0. The third-order valence-corrected chi connectivity index (χ3v) is 12.1. The van der Waals surface area contributed by atoms with Gasteiger partial charge in [-0.15, -0.1) is 11.3 Å². The van der Waals surface area contributed by atoms with E-state index in [1.807, 2.05) is 12.1 Å². The Morgan fingerprint density at radius 3 is 2.18 bits per heavy atom. The van der Waals surface area contributed by atoms with Crippen LogP contribution < -0.4 is 4.90 Å². The topological polar surface area (TPSA) is 34.2 Å². The van der Waals surface area contributed by atoms with Crippen molar-refractivity contribution in [3.05, 3.63) is 182 Å². The molecule has 1 unspecified atom stereocenters. The summed E-state index contributed by atoms with van der Waals surface area (Å²) in [6, 6.07) is 56.6. The fourth-order valence-corrected chi connectivity index (χ4v) is 9.30. The molecule has 7 aromatic carbocycles. The van der Waals surface area contributed by atoms with E-state index in [1.165, 1.54) is 38.0 Å². The lowest BCUT2D eigenvalue weighted by atomic mass is 9.96. The molecule has 0 radical (unpaired) electrons. The first-order chi connectivity index (χ1) is 27.2. The quantitative estimate of drug-likeness (QED) is 0.171. The van der Waals surface area contributed by atoms with Gasteiger partial charge in [0.1, 0.15) is 16.2 Å². The molecule has 10 aromatic rings. The van der Waals surface area contributed by atoms with Crippen molar-refractivity contribution in [1.82, 2.24) is 9.55 Å². The maximum atomic E-state index is 6.23. The molecule has 0 aliphatic heterocycles. The van der Waals surface area contributed by atoms with Crippen LogP contribution in [0.15, 0.2) is 186 Å². The Bertz CT molecular complexity index is 3130. The Morgan fingerprint density at radius 1 is 0.618 bits per heavy atom. The Balaban J connectivity index is 1.08. The van der Waals surface area contributed by atoms with Gasteiger partial charge in [-0.25, -0.2) is 4.98 Å². The average molecular weight is 726 g/mol. The van der Waals surface area contributed by atoms with E-state index < -0.39 is 0 Å². The molecule has 5 heteroatoms. The van der Waals surface area contributed by atoms with Crippen LogP contribution in [0.4, 0.5) is 11.4 Å². The molecule has 0 N–H and O–H groups in total. The summed E-state index contributed by atoms with van der Waals surface area (Å²) in [6.45, 7) is 2.31. The van der Waals surface area contributed by atoms with Crippen LogP contribution in [0, 0.1) is 5.92 Å². The Morgan fingerprint density at radius 2 is 1.35 bits per heavy atom. The van der Waals surface area contributed by atoms with Crippen molar-refractivity contribution < 1.29 is 4.42 Å². The van der Waals surface area contributed by atoms with Gasteiger partial charge in [0, 0.05) is 55.8 Å². The molecule has 1 atom stereocenters. The second-order valence-corrected chi connectivity index (χ2v) is 15.5. The second kappa shape index (κ2) is 12.7. The number of benzene rings is 7. The summed E-state index contributed by atoms with van der Waals surface area (Å²) in [4.78, 5) is 7.55. The fraction of sp³-hybridized carbons (Fsp3) is 0.0600. The van der Waals surface area contributed by atoms with Gasteiger partial charge < -0.3 is 13.9 Å². The highest BCUT2D eigenvalue weighted by atomic mass is 32.1. The number of hydrogen-bond acceptors (Lipinski definition) is 4. The predicted octanol–water partition coefficient (Wildman–Crippen LogP) is 14.2. The monoisotopic (exact) mass is 725 g/mol. The van der Waals surface area contributed by atoms with Crippen LogP contribution in [0.5, 0.6) is 0 Å². The summed E-state index contributed by atoms with van der Waals surface area (Å²) in [5.74, 6) is 0.423. The van der Waals surface area contributed by atoms with E-state index in [2.05, 4.69) is 180 Å². The third kappa shape index (κ3) is 5.30. The first-order valence-corrected chi connectivity index (χ1v) is 19.7. The molecule has 0 spiro atoms. The van der Waals surface area contributed by atoms with Gasteiger partial charge in [-0.1, -0.05) is 104 Å². The van der Waals surface area contributed by atoms with Crippen molar-refractivity contribution in [1.29, 1.82) is 0 Å². The van der Waals surface area contributed by atoms with Gasteiger partial charge in [0.05, 0.1) is 21.3 Å². The molecule has 0 amide bonds. The van der Waals surface area contributed by atoms with Crippen LogP contribution >= 0.6 is 11.3 Å². The van der Waals surface area contributed by atoms with Crippen LogP contribution in [0.3, 0.4) is 0 Å². The minimum Gasteiger partial charge on any atom is -0.456 e. The lowest BCUT2D eigenvalue weighted by Crippen LogP contribution is -2.22. The number of thiazole rings is 1. The third-order valence-electron chi connectivity index (χ3n) is 11.0. The number of rotatable bonds is 6. The van der Waals surface area contributed by atoms with Crippen molar-refractivity contribution in [3.63, 3.8) is 0 Å². The summed E-state index contributed by atoms with van der Waals surface area (Å²) in [6.07, 6.45) is 7.74. The Hall–Kier alpha value is -6.69. The maximum Gasteiger partial charge on any atom is 0.135 e. The van der Waals surface area contributed by atoms with Gasteiger partial charge in [0.2, 0.25) is 0 Å². The summed E-state index contributed by atoms with van der Waals surface area (Å²) in [5, 5.41) is 5.69. The van der Waals surface area contributed by atoms with E-state index in [9.17, 15) is 0 Å². The molecule has 0 bridgehead atoms. The molecule has 1 aliphatic rings. The highest BCUT2D eigenvalue weighted by Gasteiger charge is 2.22. The van der Waals surface area contributed by atoms with Crippen molar-refractivity contribution in [2.45, 2.75) is 13.3 Å². The van der Waals surface area contributed by atoms with Crippen molar-refractivity contribution in [2.75, 3.05) is 4.90 Å². The van der Waals surface area contributed by atoms with Crippen molar-refractivity contribution >= 4 is 76.7 Å². The fourth-order valence-electron chi connectivity index (χ4n) is 8.31. The first-order valence-electron chi connectivity index (χ1n) is 18.8. The molecule has 3 heterocycles. The number of anilines is 2. The van der Waals surface area contributed by atoms with Crippen molar-refractivity contribution in [3.8, 4) is 27.4 Å². The smallest absolute Gasteiger partial charge is 0.135 e. The summed E-state index contributed by atoms with van der Waals surface area (Å²) >= 11 is 1.75. The predicted molar refractivity (Wildman–Crippen MR) is 232 cm³/mol. The molecule has 0 saturated heterocycles. The Labute approximate surface area is 322 Å². The van der Waals surface area contributed by atoms with Crippen molar-refractivity contribution in [2.24, 2.45) is 5.92 Å². The molecule has 1 aliphatic carbocycles. The zero-order chi connectivity index (χ0) is 36.5. The van der Waals surface area contributed by atoms with E-state index in [1.54, 1.807) is 11.3 Å². The molecule has 262 valence electrons. The molecule has 4 nitrogen and oxygen atoms in total. The number of para-hydroxylation sites is 2. The van der Waals surface area contributed by atoms with Crippen LogP contribution in [0.2, 0.25) is 0 Å². The summed E-state index contributed by atoms with van der Waals surface area (Å²) in [5.41, 5.74) is 13.3. The van der Waals surface area contributed by atoms with E-state index in [0.717, 1.165) is 66.9 Å². The van der Waals surface area contributed by atoms with Crippen LogP contribution in [-0.4, -0.2) is 9.55 Å². The molecule has 3 aromatic heterocycles. The average Bonchev–Trinajstić information content (AvgIpc) is 3.93. The second-order valence-electron chi connectivity index (χ2n) is 14.4. The number of nitrogens with zero attached hydrogens (tertiary/aromatic N) is 3. The molecule has 55 heavy (non-hydrogen) atoms. The zero-order valence-corrected chi connectivity index (χ0v) is 31.0. The SMILES string of the molecule is CC1CC=CC=C1N(c1ccccc1)c1ccc(-c2ccc3c(c2)c2cc4sc(-c5ccccc5)nc4cc2n3-c2ccc3oc4ccccc4c3c2)cc1. The van der Waals surface area contributed by atoms with Gasteiger partial charge in [-0.3, -0.25) is 0 Å². The van der Waals surface area contributed by atoms with E-state index >= 15 is 0 Å². The van der Waals surface area contributed by atoms with Crippen LogP contribution in [0.25, 0.3) is 81.3 Å². The zero-order valence-electron chi connectivity index (χ0n) is 30.2. The molecular weight excluding hydrogens is 691 g/mol. The lowest BCUT2D eigenvalue weighted by molar-refractivity contribution is 0.669. The molecule has 0 saturated carbocycles. The van der Waals surface area contributed by atoms with Gasteiger partial charge in [-0.05, 0) is 96.4 Å². The number of furan rings is 1. The summed E-state index contributed by atoms with van der Waals surface area (Å²) < 4.78 is 9.80. The minimum atomic E-state index is 0.423. The number of hydrogen-bond donors (Lipinski definition) is 0. The van der Waals surface area contributed by atoms with Gasteiger partial charge in [-0.2, -0.15) is 0 Å². The lowest BCUT2D eigenvalue weighted by Gasteiger charge is -2.32. The molecular formula is C50H35N3OS. The van der Waals surface area contributed by atoms with E-state index in [-0.39, 0.29) is 0 Å². The normalized spacial score (nSPS) is 14.4. The first kappa shape index (κ1) is 31.8. The van der Waals surface area contributed by atoms with E-state index in [4.69, 9.17) is 9.40 Å². The number of fused-ring (bicyclic) bond motifs is 7. The number of allylic oxidation sites excluding steroid dienone is 4. The largest absolute Gasteiger partial charge is 0.456 e. The number of aromatic nitrogens is 2. The highest BCUT2D eigenvalue weighted by Crippen LogP contribution is 2.42. The minimum absolute atomic E-state index is 0.423. The Kier molecular flexibility index (Phi) is 7.36. The maximum absolute atomic E-state index is 6.23. The van der Waals surface area contributed by atoms with Gasteiger partial charge in [0.25, 0.3) is 0 Å². The van der Waals surface area contributed by atoms with Crippen LogP contribution in [0.1, 0.15) is 13.3 Å². The van der Waals surface area contributed by atoms with Gasteiger partial charge in [0.15, 0.2) is 0 Å². The van der Waals surface area contributed by atoms with E-state index in [0.29, 0.717) is 5.92 Å². The van der Waals surface area contributed by atoms with Gasteiger partial charge >= 0.3 is 0 Å². The molecule has 0 fully saturated rings.